The van der Waals surface area contributed by atoms with Gasteiger partial charge in [0.05, 0.1) is 17.5 Å². The molecule has 166 valence electrons. The van der Waals surface area contributed by atoms with Gasteiger partial charge < -0.3 is 10.2 Å². The number of rotatable bonds is 4. The first kappa shape index (κ1) is 21.8. The van der Waals surface area contributed by atoms with Crippen molar-refractivity contribution in [1.29, 1.82) is 0 Å². The van der Waals surface area contributed by atoms with Crippen molar-refractivity contribution < 1.29 is 22.8 Å². The average molecular weight is 466 g/mol. The Labute approximate surface area is 186 Å². The molecule has 0 aromatic heterocycles. The van der Waals surface area contributed by atoms with Crippen molar-refractivity contribution >= 4 is 44.8 Å². The van der Waals surface area contributed by atoms with Gasteiger partial charge in [-0.2, -0.15) is 0 Å². The van der Waals surface area contributed by atoms with E-state index in [1.807, 2.05) is 4.90 Å². The molecule has 31 heavy (non-hydrogen) atoms. The number of nitrogens with one attached hydrogen (secondary N) is 1. The monoisotopic (exact) mass is 465 g/mol. The van der Waals surface area contributed by atoms with Crippen molar-refractivity contribution in [2.45, 2.75) is 32.2 Å². The molecule has 3 heterocycles. The summed E-state index contributed by atoms with van der Waals surface area (Å²) in [5.41, 5.74) is 0.824. The van der Waals surface area contributed by atoms with Gasteiger partial charge in [0.1, 0.15) is 10.7 Å². The summed E-state index contributed by atoms with van der Waals surface area (Å²) in [6.07, 6.45) is 2.28. The van der Waals surface area contributed by atoms with Crippen molar-refractivity contribution in [3.63, 3.8) is 0 Å². The van der Waals surface area contributed by atoms with Gasteiger partial charge in [-0.05, 0) is 43.4 Å². The molecule has 3 aliphatic heterocycles. The molecular formula is C21H24ClN3O5S. The van der Waals surface area contributed by atoms with Gasteiger partial charge in [0.25, 0.3) is 17.7 Å². The lowest BCUT2D eigenvalue weighted by Gasteiger charge is -2.31. The number of imide groups is 1. The smallest absolute Gasteiger partial charge is 0.279 e. The topological polar surface area (TPSA) is 104 Å². The number of hydrogen-bond donors (Lipinski definition) is 1. The zero-order valence-corrected chi connectivity index (χ0v) is 18.7. The van der Waals surface area contributed by atoms with Crippen LogP contribution in [0.25, 0.3) is 0 Å². The van der Waals surface area contributed by atoms with Crippen LogP contribution < -0.4 is 5.32 Å². The minimum Gasteiger partial charge on any atom is -0.350 e. The molecule has 2 atom stereocenters. The van der Waals surface area contributed by atoms with Crippen LogP contribution >= 0.6 is 11.6 Å². The molecular weight excluding hydrogens is 442 g/mol. The molecule has 1 aromatic rings. The van der Waals surface area contributed by atoms with Crippen molar-refractivity contribution in [1.82, 2.24) is 9.80 Å². The van der Waals surface area contributed by atoms with Gasteiger partial charge in [-0.15, -0.1) is 0 Å². The molecule has 4 rings (SSSR count). The predicted molar refractivity (Wildman–Crippen MR) is 116 cm³/mol. The zero-order valence-electron chi connectivity index (χ0n) is 17.1. The van der Waals surface area contributed by atoms with Crippen molar-refractivity contribution in [3.05, 3.63) is 40.6 Å². The van der Waals surface area contributed by atoms with E-state index in [4.69, 9.17) is 11.6 Å². The summed E-state index contributed by atoms with van der Waals surface area (Å²) in [6.45, 7) is 3.54. The van der Waals surface area contributed by atoms with E-state index >= 15 is 0 Å². The fourth-order valence-corrected chi connectivity index (χ4v) is 6.29. The molecule has 1 aromatic carbocycles. The first-order chi connectivity index (χ1) is 14.7. The zero-order chi connectivity index (χ0) is 22.3. The Balaban J connectivity index is 1.51. The molecule has 3 amide bonds. The molecule has 0 spiro atoms. The first-order valence-corrected chi connectivity index (χ1v) is 12.5. The van der Waals surface area contributed by atoms with Gasteiger partial charge in [0, 0.05) is 24.3 Å². The van der Waals surface area contributed by atoms with E-state index in [0.29, 0.717) is 30.3 Å². The number of piperidine rings is 1. The molecule has 0 saturated carbocycles. The molecule has 0 bridgehead atoms. The summed E-state index contributed by atoms with van der Waals surface area (Å²) in [5.74, 6) is -1.30. The number of sulfone groups is 1. The Morgan fingerprint density at radius 3 is 2.65 bits per heavy atom. The highest BCUT2D eigenvalue weighted by molar-refractivity contribution is 7.91. The van der Waals surface area contributed by atoms with Crippen molar-refractivity contribution in [2.75, 3.05) is 29.9 Å². The predicted octanol–water partition coefficient (Wildman–Crippen LogP) is 1.98. The number of anilines is 1. The second-order valence-electron chi connectivity index (χ2n) is 8.43. The summed E-state index contributed by atoms with van der Waals surface area (Å²) in [6, 6.07) is 5.99. The van der Waals surface area contributed by atoms with Gasteiger partial charge in [-0.1, -0.05) is 24.6 Å². The maximum atomic E-state index is 12.9. The van der Waals surface area contributed by atoms with Crippen molar-refractivity contribution in [3.8, 4) is 0 Å². The molecule has 0 radical (unpaired) electrons. The standard InChI is InChI=1S/C21H24ClN3O5S/c1-13-4-3-8-24(11-13)19(26)14-5-2-6-15(10-14)23-18-17(22)20(27)25(21(18)28)16-7-9-31(29,30)12-16/h2,5-6,10,13,16,23H,3-4,7-9,11-12H2,1H3. The van der Waals surface area contributed by atoms with Gasteiger partial charge in [0.15, 0.2) is 9.84 Å². The van der Waals surface area contributed by atoms with E-state index in [2.05, 4.69) is 12.2 Å². The number of hydrogen-bond acceptors (Lipinski definition) is 6. The number of likely N-dealkylation sites (tertiary alicyclic amines) is 1. The fourth-order valence-electron chi connectivity index (χ4n) is 4.37. The number of halogens is 1. The Morgan fingerprint density at radius 1 is 1.19 bits per heavy atom. The maximum absolute atomic E-state index is 12.9. The van der Waals surface area contributed by atoms with Crippen LogP contribution in [0, 0.1) is 5.92 Å². The summed E-state index contributed by atoms with van der Waals surface area (Å²) >= 11 is 6.14. The first-order valence-electron chi connectivity index (χ1n) is 10.3. The lowest BCUT2D eigenvalue weighted by molar-refractivity contribution is -0.139. The average Bonchev–Trinajstić information content (AvgIpc) is 3.19. The summed E-state index contributed by atoms with van der Waals surface area (Å²) in [5, 5.41) is 2.59. The maximum Gasteiger partial charge on any atom is 0.279 e. The number of benzene rings is 1. The molecule has 3 aliphatic rings. The van der Waals surface area contributed by atoms with Gasteiger partial charge >= 0.3 is 0 Å². The largest absolute Gasteiger partial charge is 0.350 e. The molecule has 8 nitrogen and oxygen atoms in total. The van der Waals surface area contributed by atoms with Crippen LogP contribution in [0.5, 0.6) is 0 Å². The summed E-state index contributed by atoms with van der Waals surface area (Å²) < 4.78 is 23.5. The van der Waals surface area contributed by atoms with E-state index in [1.165, 1.54) is 0 Å². The van der Waals surface area contributed by atoms with E-state index in [-0.39, 0.29) is 34.6 Å². The second-order valence-corrected chi connectivity index (χ2v) is 11.0. The highest BCUT2D eigenvalue weighted by atomic mass is 35.5. The van der Waals surface area contributed by atoms with Crippen LogP contribution in [0.15, 0.2) is 35.0 Å². The molecule has 1 N–H and O–H groups in total. The van der Waals surface area contributed by atoms with Crippen LogP contribution in [0.4, 0.5) is 5.69 Å². The van der Waals surface area contributed by atoms with Gasteiger partial charge in [0.2, 0.25) is 0 Å². The Hall–Kier alpha value is -2.39. The number of amides is 3. The second kappa shape index (κ2) is 8.27. The van der Waals surface area contributed by atoms with Crippen LogP contribution in [0.1, 0.15) is 36.5 Å². The molecule has 2 unspecified atom stereocenters. The summed E-state index contributed by atoms with van der Waals surface area (Å²) in [7, 11) is -3.27. The number of carbonyl (C=O) groups is 3. The van der Waals surface area contributed by atoms with E-state index < -0.39 is 27.7 Å². The minimum absolute atomic E-state index is 0.0611. The lowest BCUT2D eigenvalue weighted by atomic mass is 9.99. The number of nitrogens with zero attached hydrogens (tertiary/aromatic N) is 2. The van der Waals surface area contributed by atoms with E-state index in [0.717, 1.165) is 17.7 Å². The lowest BCUT2D eigenvalue weighted by Crippen LogP contribution is -2.42. The molecule has 0 aliphatic carbocycles. The van der Waals surface area contributed by atoms with Crippen LogP contribution in [0.2, 0.25) is 0 Å². The Morgan fingerprint density at radius 2 is 1.97 bits per heavy atom. The van der Waals surface area contributed by atoms with E-state index in [1.54, 1.807) is 24.3 Å². The van der Waals surface area contributed by atoms with Gasteiger partial charge in [-0.25, -0.2) is 8.42 Å². The third kappa shape index (κ3) is 4.34. The van der Waals surface area contributed by atoms with Gasteiger partial charge in [-0.3, -0.25) is 19.3 Å². The quantitative estimate of drug-likeness (QED) is 0.682. The third-order valence-corrected chi connectivity index (χ3v) is 8.06. The van der Waals surface area contributed by atoms with Crippen LogP contribution in [0.3, 0.4) is 0 Å². The SMILES string of the molecule is CC1CCCN(C(=O)c2cccc(NC3=C(Cl)C(=O)N(C4CCS(=O)(=O)C4)C3=O)c2)C1. The normalized spacial score (nSPS) is 26.0. The summed E-state index contributed by atoms with van der Waals surface area (Å²) in [4.78, 5) is 41.0. The van der Waals surface area contributed by atoms with Crippen LogP contribution in [-0.4, -0.2) is 66.6 Å². The Kier molecular flexibility index (Phi) is 5.83. The minimum atomic E-state index is -3.27. The highest BCUT2D eigenvalue weighted by Gasteiger charge is 2.45. The Bertz CT molecular complexity index is 1080. The number of carbonyl (C=O) groups excluding carboxylic acids is 3. The highest BCUT2D eigenvalue weighted by Crippen LogP contribution is 2.31. The fraction of sp³-hybridized carbons (Fsp3) is 0.476. The van der Waals surface area contributed by atoms with Crippen molar-refractivity contribution in [2.24, 2.45) is 5.92 Å². The molecule has 2 saturated heterocycles. The third-order valence-electron chi connectivity index (χ3n) is 5.96. The van der Waals surface area contributed by atoms with Crippen LogP contribution in [-0.2, 0) is 19.4 Å². The molecule has 10 heteroatoms. The molecule has 2 fully saturated rings. The van der Waals surface area contributed by atoms with E-state index in [9.17, 15) is 22.8 Å².